The second-order valence-corrected chi connectivity index (χ2v) is 7.37. The average molecular weight is 346 g/mol. The highest BCUT2D eigenvalue weighted by Gasteiger charge is 2.29. The van der Waals surface area contributed by atoms with Crippen molar-refractivity contribution in [1.29, 1.82) is 0 Å². The minimum absolute atomic E-state index is 0.320. The normalized spacial score (nSPS) is 19.8. The third-order valence-electron chi connectivity index (χ3n) is 5.77. The Hall–Kier alpha value is -1.75. The van der Waals surface area contributed by atoms with Crippen molar-refractivity contribution < 1.29 is 14.8 Å². The number of rotatable bonds is 5. The van der Waals surface area contributed by atoms with E-state index in [2.05, 4.69) is 16.7 Å². The van der Waals surface area contributed by atoms with Crippen molar-refractivity contribution in [2.75, 3.05) is 44.2 Å². The Morgan fingerprint density at radius 2 is 1.88 bits per heavy atom. The average Bonchev–Trinajstić information content (AvgIpc) is 2.64. The quantitative estimate of drug-likeness (QED) is 0.844. The van der Waals surface area contributed by atoms with Crippen LogP contribution in [0.3, 0.4) is 0 Å². The zero-order valence-electron chi connectivity index (χ0n) is 15.4. The molecule has 5 nitrogen and oxygen atoms in total. The molecule has 3 rings (SSSR count). The van der Waals surface area contributed by atoms with E-state index in [0.717, 1.165) is 38.4 Å². The number of piperazine rings is 1. The third-order valence-corrected chi connectivity index (χ3v) is 5.77. The molecule has 2 aliphatic rings. The van der Waals surface area contributed by atoms with Crippen molar-refractivity contribution >= 4 is 11.6 Å². The summed E-state index contributed by atoms with van der Waals surface area (Å²) < 4.78 is 0. The number of quaternary nitrogens is 1. The molecule has 138 valence electrons. The molecule has 2 fully saturated rings. The van der Waals surface area contributed by atoms with Gasteiger partial charge in [-0.3, -0.25) is 4.79 Å². The first-order valence-corrected chi connectivity index (χ1v) is 9.85. The number of hydrogen-bond acceptors (Lipinski definition) is 3. The molecule has 1 saturated carbocycles. The van der Waals surface area contributed by atoms with Gasteiger partial charge in [0.25, 0.3) is 5.91 Å². The van der Waals surface area contributed by atoms with Crippen LogP contribution >= 0.6 is 0 Å². The van der Waals surface area contributed by atoms with E-state index < -0.39 is 0 Å². The predicted molar refractivity (Wildman–Crippen MR) is 100 cm³/mol. The molecule has 1 aromatic carbocycles. The number of para-hydroxylation sites is 2. The number of likely N-dealkylation sites (N-methyl/N-ethyl adjacent to an activating group) is 1. The highest BCUT2D eigenvalue weighted by Crippen LogP contribution is 2.26. The number of aromatic hydroxyl groups is 1. The lowest BCUT2D eigenvalue weighted by Crippen LogP contribution is -3.16. The zero-order valence-corrected chi connectivity index (χ0v) is 15.4. The number of carbonyl (C=O) groups is 1. The zero-order chi connectivity index (χ0) is 17.6. The number of hydrogen-bond donors (Lipinski definition) is 2. The molecule has 1 saturated heterocycles. The summed E-state index contributed by atoms with van der Waals surface area (Å²) in [4.78, 5) is 18.5. The summed E-state index contributed by atoms with van der Waals surface area (Å²) in [6, 6.07) is 7.98. The van der Waals surface area contributed by atoms with Crippen molar-refractivity contribution in [3.05, 3.63) is 24.3 Å². The summed E-state index contributed by atoms with van der Waals surface area (Å²) in [5, 5.41) is 10.0. The Labute approximate surface area is 151 Å². The number of anilines is 1. The molecule has 2 N–H and O–H groups in total. The number of nitrogens with one attached hydrogen (secondary N) is 1. The summed E-state index contributed by atoms with van der Waals surface area (Å²) in [6.07, 6.45) is 6.20. The van der Waals surface area contributed by atoms with Gasteiger partial charge in [0.15, 0.2) is 6.54 Å². The Morgan fingerprint density at radius 1 is 1.20 bits per heavy atom. The number of carbonyl (C=O) groups excluding carboxylic acids is 1. The SMILES string of the molecule is CCN(C(=O)C[NH+]1CCN(c2ccccc2O)CC1)C1CCCCC1. The van der Waals surface area contributed by atoms with E-state index in [1.54, 1.807) is 6.07 Å². The van der Waals surface area contributed by atoms with Crippen molar-refractivity contribution in [2.45, 2.75) is 45.1 Å². The molecule has 1 aromatic rings. The van der Waals surface area contributed by atoms with Crippen LogP contribution in [-0.4, -0.2) is 61.2 Å². The molecule has 1 heterocycles. The van der Waals surface area contributed by atoms with E-state index in [0.29, 0.717) is 24.2 Å². The number of nitrogens with zero attached hydrogens (tertiary/aromatic N) is 2. The van der Waals surface area contributed by atoms with Gasteiger partial charge >= 0.3 is 0 Å². The van der Waals surface area contributed by atoms with E-state index in [1.165, 1.54) is 37.0 Å². The lowest BCUT2D eigenvalue weighted by Gasteiger charge is -2.37. The third kappa shape index (κ3) is 4.46. The summed E-state index contributed by atoms with van der Waals surface area (Å²) >= 11 is 0. The fraction of sp³-hybridized carbons (Fsp3) is 0.650. The first-order chi connectivity index (χ1) is 12.2. The van der Waals surface area contributed by atoms with E-state index in [9.17, 15) is 9.90 Å². The standard InChI is InChI=1S/C20H31N3O2/c1-2-23(17-8-4-3-5-9-17)20(25)16-21-12-14-22(15-13-21)18-10-6-7-11-19(18)24/h6-7,10-11,17,24H,2-5,8-9,12-16H2,1H3/p+1. The molecule has 5 heteroatoms. The van der Waals surface area contributed by atoms with Gasteiger partial charge in [-0.2, -0.15) is 0 Å². The van der Waals surface area contributed by atoms with Crippen LogP contribution in [0.15, 0.2) is 24.3 Å². The molecule has 0 bridgehead atoms. The van der Waals surface area contributed by atoms with Gasteiger partial charge in [0.1, 0.15) is 5.75 Å². The van der Waals surface area contributed by atoms with Gasteiger partial charge in [-0.1, -0.05) is 31.4 Å². The molecule has 1 amide bonds. The van der Waals surface area contributed by atoms with Gasteiger partial charge in [-0.25, -0.2) is 0 Å². The lowest BCUT2D eigenvalue weighted by atomic mass is 9.94. The fourth-order valence-electron chi connectivity index (χ4n) is 4.32. The maximum absolute atomic E-state index is 12.8. The second-order valence-electron chi connectivity index (χ2n) is 7.37. The van der Waals surface area contributed by atoms with Gasteiger partial charge in [0, 0.05) is 12.6 Å². The summed E-state index contributed by atoms with van der Waals surface area (Å²) in [5.74, 6) is 0.664. The minimum Gasteiger partial charge on any atom is -0.506 e. The summed E-state index contributed by atoms with van der Waals surface area (Å²) in [7, 11) is 0. The number of amides is 1. The molecular formula is C20H32N3O2+. The topological polar surface area (TPSA) is 48.2 Å². The maximum atomic E-state index is 12.8. The predicted octanol–water partition coefficient (Wildman–Crippen LogP) is 1.28. The van der Waals surface area contributed by atoms with Gasteiger partial charge in [-0.15, -0.1) is 0 Å². The van der Waals surface area contributed by atoms with Crippen molar-refractivity contribution in [3.8, 4) is 5.75 Å². The molecule has 1 aliphatic carbocycles. The van der Waals surface area contributed by atoms with Crippen LogP contribution in [0.2, 0.25) is 0 Å². The molecule has 0 unspecified atom stereocenters. The first kappa shape index (κ1) is 18.1. The smallest absolute Gasteiger partial charge is 0.277 e. The number of phenols is 1. The molecule has 0 atom stereocenters. The molecule has 0 radical (unpaired) electrons. The monoisotopic (exact) mass is 346 g/mol. The van der Waals surface area contributed by atoms with Crippen molar-refractivity contribution in [2.24, 2.45) is 0 Å². The van der Waals surface area contributed by atoms with Crippen LogP contribution in [0.4, 0.5) is 5.69 Å². The molecule has 25 heavy (non-hydrogen) atoms. The van der Waals surface area contributed by atoms with Crippen LogP contribution in [0.25, 0.3) is 0 Å². The largest absolute Gasteiger partial charge is 0.506 e. The Balaban J connectivity index is 1.51. The van der Waals surface area contributed by atoms with Crippen LogP contribution in [-0.2, 0) is 4.79 Å². The van der Waals surface area contributed by atoms with E-state index in [4.69, 9.17) is 0 Å². The van der Waals surface area contributed by atoms with Gasteiger partial charge in [-0.05, 0) is 31.9 Å². The van der Waals surface area contributed by atoms with E-state index >= 15 is 0 Å². The van der Waals surface area contributed by atoms with E-state index in [-0.39, 0.29) is 0 Å². The highest BCUT2D eigenvalue weighted by atomic mass is 16.3. The van der Waals surface area contributed by atoms with Crippen LogP contribution in [0, 0.1) is 0 Å². The fourth-order valence-corrected chi connectivity index (χ4v) is 4.32. The summed E-state index contributed by atoms with van der Waals surface area (Å²) in [5.41, 5.74) is 0.908. The maximum Gasteiger partial charge on any atom is 0.277 e. The summed E-state index contributed by atoms with van der Waals surface area (Å²) in [6.45, 7) is 7.22. The Bertz CT molecular complexity index is 564. The van der Waals surface area contributed by atoms with Gasteiger partial charge in [0.2, 0.25) is 0 Å². The highest BCUT2D eigenvalue weighted by molar-refractivity contribution is 5.77. The van der Waals surface area contributed by atoms with Crippen molar-refractivity contribution in [1.82, 2.24) is 4.90 Å². The lowest BCUT2D eigenvalue weighted by molar-refractivity contribution is -0.892. The van der Waals surface area contributed by atoms with Crippen LogP contribution in [0.5, 0.6) is 5.75 Å². The molecular weight excluding hydrogens is 314 g/mol. The Morgan fingerprint density at radius 3 is 2.52 bits per heavy atom. The molecule has 0 spiro atoms. The first-order valence-electron chi connectivity index (χ1n) is 9.85. The minimum atomic E-state index is 0.320. The van der Waals surface area contributed by atoms with Gasteiger partial charge < -0.3 is 19.8 Å². The molecule has 1 aliphatic heterocycles. The van der Waals surface area contributed by atoms with Crippen LogP contribution in [0.1, 0.15) is 39.0 Å². The van der Waals surface area contributed by atoms with Gasteiger partial charge in [0.05, 0.1) is 31.9 Å². The number of benzene rings is 1. The van der Waals surface area contributed by atoms with Crippen molar-refractivity contribution in [3.63, 3.8) is 0 Å². The second kappa shape index (κ2) is 8.56. The van der Waals surface area contributed by atoms with Crippen LogP contribution < -0.4 is 9.80 Å². The molecule has 0 aromatic heterocycles. The Kier molecular flexibility index (Phi) is 6.19. The van der Waals surface area contributed by atoms with E-state index in [1.807, 2.05) is 18.2 Å². The number of phenolic OH excluding ortho intramolecular Hbond substituents is 1.